The molecule has 2 N–H and O–H groups in total. The number of hydrogen-bond acceptors (Lipinski definition) is 7. The van der Waals surface area contributed by atoms with E-state index in [4.69, 9.17) is 9.47 Å². The highest BCUT2D eigenvalue weighted by Gasteiger charge is 2.30. The Bertz CT molecular complexity index is 1570. The number of nitrogens with one attached hydrogen (secondary N) is 2. The minimum atomic E-state index is -4.42. The van der Waals surface area contributed by atoms with Crippen molar-refractivity contribution in [2.75, 3.05) is 57.9 Å². The second-order valence-electron chi connectivity index (χ2n) is 10.9. The molecule has 1 saturated carbocycles. The van der Waals surface area contributed by atoms with Gasteiger partial charge in [-0.2, -0.15) is 13.2 Å². The number of methoxy groups -OCH3 is 2. The van der Waals surface area contributed by atoms with Gasteiger partial charge in [-0.3, -0.25) is 0 Å². The fraction of sp³-hybridized carbons (Fsp3) is 0.484. The van der Waals surface area contributed by atoms with Gasteiger partial charge in [0, 0.05) is 49.1 Å². The summed E-state index contributed by atoms with van der Waals surface area (Å²) in [6.45, 7) is 0.527. The van der Waals surface area contributed by atoms with E-state index in [-0.39, 0.29) is 23.2 Å². The summed E-state index contributed by atoms with van der Waals surface area (Å²) in [5, 5.41) is 7.34. The molecule has 43 heavy (non-hydrogen) atoms. The van der Waals surface area contributed by atoms with E-state index in [1.807, 2.05) is 6.07 Å². The molecule has 3 aromatic rings. The molecule has 2 aromatic carbocycles. The molecule has 1 aromatic heterocycles. The van der Waals surface area contributed by atoms with Crippen molar-refractivity contribution in [1.29, 1.82) is 0 Å². The SMILES string of the molecule is COCCN(C)[C@H]1CC[C@H](Nc2cccc3c2cc(C#CCNc2ccc(S(C)(=O)=O)cc2OC)n3CC(F)(F)F)CC1. The Balaban J connectivity index is 1.52. The molecular formula is C31H39F3N4O4S. The van der Waals surface area contributed by atoms with Gasteiger partial charge in [0.1, 0.15) is 12.3 Å². The lowest BCUT2D eigenvalue weighted by Gasteiger charge is -2.35. The second kappa shape index (κ2) is 13.9. The van der Waals surface area contributed by atoms with Gasteiger partial charge in [-0.25, -0.2) is 8.42 Å². The molecule has 12 heteroatoms. The number of halogens is 3. The highest BCUT2D eigenvalue weighted by molar-refractivity contribution is 7.90. The van der Waals surface area contributed by atoms with Gasteiger partial charge in [-0.15, -0.1) is 0 Å². The number of aromatic nitrogens is 1. The molecule has 234 valence electrons. The van der Waals surface area contributed by atoms with Crippen molar-refractivity contribution in [3.63, 3.8) is 0 Å². The largest absolute Gasteiger partial charge is 0.495 e. The lowest BCUT2D eigenvalue weighted by Crippen LogP contribution is -2.39. The average molecular weight is 621 g/mol. The number of rotatable bonds is 11. The fourth-order valence-corrected chi connectivity index (χ4v) is 6.12. The minimum absolute atomic E-state index is 0.106. The molecule has 1 aliphatic rings. The Morgan fingerprint density at radius 2 is 1.81 bits per heavy atom. The maximum Gasteiger partial charge on any atom is 0.406 e. The standard InChI is InChI=1S/C31H39F3N4O4S/c1-37(17-18-41-2)23-12-10-22(11-13-23)36-27-8-5-9-29-26(27)19-24(38(29)21-31(32,33)34)7-6-16-35-28-15-14-25(43(4,39)40)20-30(28)42-3/h5,8-9,14-15,19-20,22-23,35-36H,10-13,16-18,21H2,1-4H3/t22-,23-. The van der Waals surface area contributed by atoms with Crippen LogP contribution in [0.15, 0.2) is 47.4 Å². The predicted octanol–water partition coefficient (Wildman–Crippen LogP) is 5.38. The van der Waals surface area contributed by atoms with Crippen LogP contribution in [0.4, 0.5) is 24.5 Å². The van der Waals surface area contributed by atoms with E-state index in [2.05, 4.69) is 34.4 Å². The Labute approximate surface area is 251 Å². The third-order valence-corrected chi connectivity index (χ3v) is 8.91. The molecule has 0 amide bonds. The van der Waals surface area contributed by atoms with E-state index in [0.29, 0.717) is 35.0 Å². The van der Waals surface area contributed by atoms with Gasteiger partial charge in [-0.05, 0) is 69.0 Å². The van der Waals surface area contributed by atoms with Crippen molar-refractivity contribution in [2.24, 2.45) is 0 Å². The molecule has 1 fully saturated rings. The number of benzene rings is 2. The van der Waals surface area contributed by atoms with Crippen LogP contribution in [0.25, 0.3) is 10.9 Å². The molecular weight excluding hydrogens is 581 g/mol. The summed E-state index contributed by atoms with van der Waals surface area (Å²) in [5.41, 5.74) is 2.04. The highest BCUT2D eigenvalue weighted by atomic mass is 32.2. The Kier molecular flexibility index (Phi) is 10.5. The average Bonchev–Trinajstić information content (AvgIpc) is 3.30. The van der Waals surface area contributed by atoms with E-state index < -0.39 is 22.6 Å². The van der Waals surface area contributed by atoms with Crippen LogP contribution in [-0.4, -0.2) is 83.4 Å². The maximum atomic E-state index is 13.6. The lowest BCUT2D eigenvalue weighted by atomic mass is 9.90. The number of alkyl halides is 3. The molecule has 0 unspecified atom stereocenters. The number of hydrogen-bond donors (Lipinski definition) is 2. The first-order chi connectivity index (χ1) is 20.4. The summed E-state index contributed by atoms with van der Waals surface area (Å²) >= 11 is 0. The first-order valence-electron chi connectivity index (χ1n) is 14.1. The minimum Gasteiger partial charge on any atom is -0.495 e. The van der Waals surface area contributed by atoms with E-state index in [1.54, 1.807) is 31.4 Å². The highest BCUT2D eigenvalue weighted by Crippen LogP contribution is 2.33. The van der Waals surface area contributed by atoms with Gasteiger partial charge in [0.2, 0.25) is 0 Å². The molecule has 8 nitrogen and oxygen atoms in total. The molecule has 0 bridgehead atoms. The number of likely N-dealkylation sites (N-methyl/N-ethyl adjacent to an activating group) is 1. The Morgan fingerprint density at radius 1 is 1.07 bits per heavy atom. The van der Waals surface area contributed by atoms with Crippen molar-refractivity contribution >= 4 is 32.1 Å². The zero-order valence-electron chi connectivity index (χ0n) is 24.9. The van der Waals surface area contributed by atoms with Gasteiger partial charge >= 0.3 is 6.18 Å². The third kappa shape index (κ3) is 8.59. The zero-order chi connectivity index (χ0) is 31.2. The van der Waals surface area contributed by atoms with Crippen LogP contribution in [0.3, 0.4) is 0 Å². The van der Waals surface area contributed by atoms with E-state index in [0.717, 1.165) is 44.2 Å². The summed E-state index contributed by atoms with van der Waals surface area (Å²) in [5.74, 6) is 6.13. The van der Waals surface area contributed by atoms with Gasteiger partial charge in [0.25, 0.3) is 0 Å². The summed E-state index contributed by atoms with van der Waals surface area (Å²) in [6, 6.07) is 12.2. The number of ether oxygens (including phenoxy) is 2. The topological polar surface area (TPSA) is 84.8 Å². The van der Waals surface area contributed by atoms with Crippen LogP contribution >= 0.6 is 0 Å². The molecule has 1 aliphatic carbocycles. The van der Waals surface area contributed by atoms with Crippen LogP contribution in [0, 0.1) is 11.8 Å². The zero-order valence-corrected chi connectivity index (χ0v) is 25.7. The summed E-state index contributed by atoms with van der Waals surface area (Å²) < 4.78 is 76.3. The predicted molar refractivity (Wildman–Crippen MR) is 164 cm³/mol. The molecule has 0 radical (unpaired) electrons. The van der Waals surface area contributed by atoms with Gasteiger partial charge in [-0.1, -0.05) is 12.0 Å². The van der Waals surface area contributed by atoms with E-state index in [1.165, 1.54) is 23.8 Å². The number of fused-ring (bicyclic) bond motifs is 1. The van der Waals surface area contributed by atoms with Crippen molar-refractivity contribution in [1.82, 2.24) is 9.47 Å². The number of anilines is 2. The van der Waals surface area contributed by atoms with Crippen molar-refractivity contribution < 1.29 is 31.1 Å². The second-order valence-corrected chi connectivity index (χ2v) is 12.9. The van der Waals surface area contributed by atoms with Crippen LogP contribution in [0.5, 0.6) is 5.75 Å². The Morgan fingerprint density at radius 3 is 2.47 bits per heavy atom. The Hall–Kier alpha value is -3.40. The van der Waals surface area contributed by atoms with Crippen LogP contribution in [0.1, 0.15) is 31.4 Å². The normalized spacial score (nSPS) is 17.5. The fourth-order valence-electron chi connectivity index (χ4n) is 5.48. The van der Waals surface area contributed by atoms with Crippen LogP contribution < -0.4 is 15.4 Å². The first kappa shape index (κ1) is 32.5. The maximum absolute atomic E-state index is 13.6. The van der Waals surface area contributed by atoms with Gasteiger partial charge in [0.05, 0.1) is 42.1 Å². The molecule has 4 rings (SSSR count). The smallest absolute Gasteiger partial charge is 0.406 e. The molecule has 0 aliphatic heterocycles. The summed E-state index contributed by atoms with van der Waals surface area (Å²) in [7, 11) is 1.83. The number of nitrogens with zero attached hydrogens (tertiary/aromatic N) is 2. The first-order valence-corrected chi connectivity index (χ1v) is 16.0. The van der Waals surface area contributed by atoms with Gasteiger partial charge in [0.15, 0.2) is 9.84 Å². The molecule has 0 spiro atoms. The number of sulfone groups is 1. The van der Waals surface area contributed by atoms with Crippen LogP contribution in [0.2, 0.25) is 0 Å². The molecule has 0 atom stereocenters. The molecule has 0 saturated heterocycles. The van der Waals surface area contributed by atoms with E-state index >= 15 is 0 Å². The van der Waals surface area contributed by atoms with E-state index in [9.17, 15) is 21.6 Å². The lowest BCUT2D eigenvalue weighted by molar-refractivity contribution is -0.140. The van der Waals surface area contributed by atoms with Gasteiger partial charge < -0.3 is 29.6 Å². The third-order valence-electron chi connectivity index (χ3n) is 7.80. The van der Waals surface area contributed by atoms with Crippen molar-refractivity contribution in [3.8, 4) is 17.6 Å². The summed E-state index contributed by atoms with van der Waals surface area (Å²) in [4.78, 5) is 2.45. The van der Waals surface area contributed by atoms with Crippen molar-refractivity contribution in [2.45, 2.75) is 55.4 Å². The van der Waals surface area contributed by atoms with Crippen LogP contribution in [-0.2, 0) is 21.1 Å². The summed E-state index contributed by atoms with van der Waals surface area (Å²) in [6.07, 6.45) is 0.689. The quantitative estimate of drug-likeness (QED) is 0.279. The van der Waals surface area contributed by atoms with Crippen molar-refractivity contribution in [3.05, 3.63) is 48.2 Å². The molecule has 1 heterocycles. The monoisotopic (exact) mass is 620 g/mol.